The molecule has 7 nitrogen and oxygen atoms in total. The number of nitrogens with zero attached hydrogens (tertiary/aromatic N) is 4. The predicted molar refractivity (Wildman–Crippen MR) is 158 cm³/mol. The van der Waals surface area contributed by atoms with Crippen LogP contribution in [0.2, 0.25) is 0 Å². The van der Waals surface area contributed by atoms with Crippen LogP contribution in [0.5, 0.6) is 0 Å². The first-order chi connectivity index (χ1) is 17.6. The summed E-state index contributed by atoms with van der Waals surface area (Å²) in [5.74, 6) is -0.204. The number of carbonyl (C=O) groups excluding carboxylic acids is 1. The molecule has 0 atom stereocenters. The largest absolute Gasteiger partial charge is 0.308 e. The number of anilines is 2. The molecule has 0 saturated heterocycles. The zero-order valence-electron chi connectivity index (χ0n) is 21.8. The Morgan fingerprint density at radius 3 is 2.39 bits per heavy atom. The van der Waals surface area contributed by atoms with Crippen LogP contribution < -0.4 is 9.21 Å². The second-order valence-corrected chi connectivity index (χ2v) is 12.5. The van der Waals surface area contributed by atoms with Gasteiger partial charge in [-0.1, -0.05) is 29.5 Å². The van der Waals surface area contributed by atoms with E-state index in [1.165, 1.54) is 33.3 Å². The Labute approximate surface area is 234 Å². The van der Waals surface area contributed by atoms with E-state index in [2.05, 4.69) is 26.0 Å². The lowest BCUT2D eigenvalue weighted by molar-refractivity contribution is 0.0985. The Bertz CT molecular complexity index is 1540. The van der Waals surface area contributed by atoms with Gasteiger partial charge in [0.1, 0.15) is 0 Å². The van der Waals surface area contributed by atoms with Gasteiger partial charge >= 0.3 is 0 Å². The lowest BCUT2D eigenvalue weighted by Crippen LogP contribution is -2.36. The summed E-state index contributed by atoms with van der Waals surface area (Å²) in [6, 6.07) is 18.0. The van der Waals surface area contributed by atoms with Gasteiger partial charge < -0.3 is 4.90 Å². The number of thiazole rings is 1. The van der Waals surface area contributed by atoms with E-state index in [9.17, 15) is 13.2 Å². The van der Waals surface area contributed by atoms with Gasteiger partial charge in [-0.25, -0.2) is 13.4 Å². The highest BCUT2D eigenvalue weighted by molar-refractivity contribution is 7.92. The number of carbonyl (C=O) groups is 1. The molecule has 200 valence electrons. The Kier molecular flexibility index (Phi) is 8.13. The Morgan fingerprint density at radius 1 is 1.00 bits per heavy atom. The summed E-state index contributed by atoms with van der Waals surface area (Å²) in [5, 5.41) is 0.636. The minimum Gasteiger partial charge on any atom is -0.308 e. The molecule has 0 saturated carbocycles. The summed E-state index contributed by atoms with van der Waals surface area (Å²) in [5.41, 5.74) is 5.39. The molecule has 0 radical (unpaired) electrons. The molecular weight excluding hydrogens is 540 g/mol. The smallest absolute Gasteiger partial charge is 0.264 e. The van der Waals surface area contributed by atoms with Gasteiger partial charge in [0.15, 0.2) is 5.13 Å². The van der Waals surface area contributed by atoms with Crippen molar-refractivity contribution in [2.75, 3.05) is 42.9 Å². The molecule has 1 aliphatic heterocycles. The van der Waals surface area contributed by atoms with Crippen molar-refractivity contribution in [1.82, 2.24) is 9.88 Å². The third kappa shape index (κ3) is 5.29. The van der Waals surface area contributed by atoms with E-state index >= 15 is 0 Å². The summed E-state index contributed by atoms with van der Waals surface area (Å²) in [7, 11) is 0.202. The van der Waals surface area contributed by atoms with E-state index in [0.717, 1.165) is 27.0 Å². The highest BCUT2D eigenvalue weighted by Crippen LogP contribution is 2.34. The zero-order chi connectivity index (χ0) is 26.3. The Morgan fingerprint density at radius 2 is 1.68 bits per heavy atom. The number of benzene rings is 3. The highest BCUT2D eigenvalue weighted by Gasteiger charge is 2.31. The molecule has 0 N–H and O–H groups in total. The molecular formula is C28H31ClN4O3S2. The lowest BCUT2D eigenvalue weighted by atomic mass is 10.1. The molecule has 1 aliphatic rings. The topological polar surface area (TPSA) is 73.8 Å². The number of likely N-dealkylation sites (N-methyl/N-ethyl adjacent to an activating group) is 1. The van der Waals surface area contributed by atoms with Crippen molar-refractivity contribution >= 4 is 60.7 Å². The van der Waals surface area contributed by atoms with Crippen molar-refractivity contribution in [3.63, 3.8) is 0 Å². The van der Waals surface area contributed by atoms with Gasteiger partial charge in [-0.2, -0.15) is 0 Å². The Hall–Kier alpha value is -2.98. The molecule has 0 fully saturated rings. The van der Waals surface area contributed by atoms with Crippen molar-refractivity contribution < 1.29 is 13.2 Å². The highest BCUT2D eigenvalue weighted by atomic mass is 35.5. The van der Waals surface area contributed by atoms with Crippen molar-refractivity contribution in [1.29, 1.82) is 0 Å². The maximum absolute atomic E-state index is 13.7. The lowest BCUT2D eigenvalue weighted by Gasteiger charge is -2.22. The minimum atomic E-state index is -3.72. The monoisotopic (exact) mass is 570 g/mol. The van der Waals surface area contributed by atoms with E-state index in [4.69, 9.17) is 4.98 Å². The normalized spacial score (nSPS) is 13.0. The summed E-state index contributed by atoms with van der Waals surface area (Å²) in [6.07, 6.45) is 0.689. The van der Waals surface area contributed by atoms with Crippen LogP contribution in [-0.2, 0) is 16.4 Å². The molecule has 4 aromatic rings. The maximum atomic E-state index is 13.7. The summed E-state index contributed by atoms with van der Waals surface area (Å²) in [4.78, 5) is 22.3. The van der Waals surface area contributed by atoms with E-state index in [-0.39, 0.29) is 23.2 Å². The maximum Gasteiger partial charge on any atom is 0.264 e. The first-order valence-electron chi connectivity index (χ1n) is 12.2. The van der Waals surface area contributed by atoms with Crippen molar-refractivity contribution in [3.05, 3.63) is 82.9 Å². The summed E-state index contributed by atoms with van der Waals surface area (Å²) < 4.78 is 29.3. The number of aromatic nitrogens is 1. The Balaban J connectivity index is 0.00000336. The number of halogens is 1. The molecule has 5 rings (SSSR count). The van der Waals surface area contributed by atoms with Gasteiger partial charge in [0.2, 0.25) is 0 Å². The molecule has 0 aliphatic carbocycles. The minimum absolute atomic E-state index is 0. The third-order valence-corrected chi connectivity index (χ3v) is 9.64. The van der Waals surface area contributed by atoms with Crippen molar-refractivity contribution in [3.8, 4) is 0 Å². The fraction of sp³-hybridized carbons (Fsp3) is 0.286. The van der Waals surface area contributed by atoms with Crippen LogP contribution >= 0.6 is 23.7 Å². The quantitative estimate of drug-likeness (QED) is 0.302. The first-order valence-corrected chi connectivity index (χ1v) is 14.5. The molecule has 0 bridgehead atoms. The van der Waals surface area contributed by atoms with Gasteiger partial charge in [0.25, 0.3) is 15.9 Å². The number of hydrogen-bond donors (Lipinski definition) is 0. The summed E-state index contributed by atoms with van der Waals surface area (Å²) >= 11 is 1.49. The fourth-order valence-electron chi connectivity index (χ4n) is 4.48. The van der Waals surface area contributed by atoms with Crippen LogP contribution in [0.3, 0.4) is 0 Å². The molecule has 2 heterocycles. The van der Waals surface area contributed by atoms with Gasteiger partial charge in [-0.15, -0.1) is 12.4 Å². The molecule has 3 aromatic carbocycles. The fourth-order valence-corrected chi connectivity index (χ4v) is 7.05. The second-order valence-electron chi connectivity index (χ2n) is 9.64. The first kappa shape index (κ1) is 28.0. The van der Waals surface area contributed by atoms with E-state index in [0.29, 0.717) is 36.8 Å². The number of para-hydroxylation sites is 1. The standard InChI is InChI=1S/C28H30N4O3S2.ClH/c1-19-17-24-26(18-20(19)2)36-28(29-24)31(16-15-30(3)4)27(33)22-9-11-23(12-10-22)37(34,35)32-14-13-21-7-5-6-8-25(21)32;/h5-12,17-18H,13-16H2,1-4H3;1H. The van der Waals surface area contributed by atoms with Crippen LogP contribution in [-0.4, -0.2) is 57.9 Å². The molecule has 1 aromatic heterocycles. The van der Waals surface area contributed by atoms with Gasteiger partial charge in [0, 0.05) is 25.2 Å². The number of hydrogen-bond acceptors (Lipinski definition) is 6. The van der Waals surface area contributed by atoms with Crippen molar-refractivity contribution in [2.45, 2.75) is 25.2 Å². The average molecular weight is 571 g/mol. The molecule has 0 unspecified atom stereocenters. The number of aryl methyl sites for hydroxylation is 2. The van der Waals surface area contributed by atoms with E-state index in [1.54, 1.807) is 17.0 Å². The van der Waals surface area contributed by atoms with Gasteiger partial charge in [-0.3, -0.25) is 14.0 Å². The zero-order valence-corrected chi connectivity index (χ0v) is 24.3. The molecule has 10 heteroatoms. The molecule has 0 spiro atoms. The van der Waals surface area contributed by atoms with E-state index in [1.807, 2.05) is 43.3 Å². The van der Waals surface area contributed by atoms with Crippen LogP contribution in [0.25, 0.3) is 10.2 Å². The number of sulfonamides is 1. The van der Waals surface area contributed by atoms with Crippen LogP contribution in [0, 0.1) is 13.8 Å². The predicted octanol–water partition coefficient (Wildman–Crippen LogP) is 5.29. The number of fused-ring (bicyclic) bond motifs is 2. The molecule has 1 amide bonds. The van der Waals surface area contributed by atoms with E-state index < -0.39 is 10.0 Å². The van der Waals surface area contributed by atoms with Gasteiger partial charge in [-0.05, 0) is 93.5 Å². The SMILES string of the molecule is Cc1cc2nc(N(CCN(C)C)C(=O)c3ccc(S(=O)(=O)N4CCc5ccccc54)cc3)sc2cc1C.Cl. The third-order valence-electron chi connectivity index (χ3n) is 6.77. The van der Waals surface area contributed by atoms with Gasteiger partial charge in [0.05, 0.1) is 20.8 Å². The van der Waals surface area contributed by atoms with Crippen molar-refractivity contribution in [2.24, 2.45) is 0 Å². The van der Waals surface area contributed by atoms with Crippen LogP contribution in [0.15, 0.2) is 65.6 Å². The number of rotatable bonds is 7. The average Bonchev–Trinajstić information content (AvgIpc) is 3.49. The molecule has 38 heavy (non-hydrogen) atoms. The van der Waals surface area contributed by atoms with Crippen LogP contribution in [0.4, 0.5) is 10.8 Å². The number of amides is 1. The summed E-state index contributed by atoms with van der Waals surface area (Å²) in [6.45, 7) is 5.67. The van der Waals surface area contributed by atoms with Crippen LogP contribution in [0.1, 0.15) is 27.0 Å². The second kappa shape index (κ2) is 11.0.